The Morgan fingerprint density at radius 2 is 2.27 bits per heavy atom. The number of nitrogens with zero attached hydrogens (tertiary/aromatic N) is 1. The van der Waals surface area contributed by atoms with E-state index in [9.17, 15) is 0 Å². The van der Waals surface area contributed by atoms with Crippen molar-refractivity contribution in [3.8, 4) is 0 Å². The molecular weight excluding hydrogens is 134 g/mol. The van der Waals surface area contributed by atoms with Crippen molar-refractivity contribution in [2.24, 2.45) is 0 Å². The highest BCUT2D eigenvalue weighted by Gasteiger charge is 1.97. The summed E-state index contributed by atoms with van der Waals surface area (Å²) in [6, 6.07) is 4.04. The number of aryl methyl sites for hydroxylation is 1. The molecule has 0 radical (unpaired) electrons. The van der Waals surface area contributed by atoms with E-state index in [2.05, 4.69) is 31.0 Å². The van der Waals surface area contributed by atoms with Gasteiger partial charge >= 0.3 is 0 Å². The summed E-state index contributed by atoms with van der Waals surface area (Å²) in [4.78, 5) is 4.28. The standard InChI is InChI=1S/C10H13N/c1-4-8(2)10-9(3)6-5-7-11-10/h4-7H,1-3H3/b8-4-. The molecule has 1 nitrogen and oxygen atoms in total. The first-order chi connectivity index (χ1) is 5.25. The molecule has 1 heteroatoms. The van der Waals surface area contributed by atoms with Crippen LogP contribution in [0.4, 0.5) is 0 Å². The Morgan fingerprint density at radius 3 is 2.82 bits per heavy atom. The fourth-order valence-electron chi connectivity index (χ4n) is 1.04. The van der Waals surface area contributed by atoms with E-state index >= 15 is 0 Å². The Labute approximate surface area is 67.8 Å². The predicted molar refractivity (Wildman–Crippen MR) is 48.3 cm³/mol. The van der Waals surface area contributed by atoms with Gasteiger partial charge in [0.15, 0.2) is 0 Å². The van der Waals surface area contributed by atoms with Crippen LogP contribution in [0, 0.1) is 6.92 Å². The van der Waals surface area contributed by atoms with Crippen LogP contribution in [0.25, 0.3) is 5.57 Å². The van der Waals surface area contributed by atoms with Crippen molar-refractivity contribution in [3.05, 3.63) is 35.7 Å². The molecule has 0 fully saturated rings. The lowest BCUT2D eigenvalue weighted by molar-refractivity contribution is 1.21. The number of hydrogen-bond acceptors (Lipinski definition) is 1. The van der Waals surface area contributed by atoms with Crippen molar-refractivity contribution in [1.82, 2.24) is 4.98 Å². The second kappa shape index (κ2) is 3.33. The molecule has 1 heterocycles. The summed E-state index contributed by atoms with van der Waals surface area (Å²) in [6.45, 7) is 6.19. The van der Waals surface area contributed by atoms with Gasteiger partial charge in [0, 0.05) is 6.20 Å². The molecule has 1 aromatic rings. The molecule has 0 unspecified atom stereocenters. The lowest BCUT2D eigenvalue weighted by atomic mass is 10.1. The molecule has 0 amide bonds. The third-order valence-electron chi connectivity index (χ3n) is 1.82. The predicted octanol–water partition coefficient (Wildman–Crippen LogP) is 2.81. The molecule has 58 valence electrons. The van der Waals surface area contributed by atoms with Crippen molar-refractivity contribution in [2.75, 3.05) is 0 Å². The number of hydrogen-bond donors (Lipinski definition) is 0. The fraction of sp³-hybridized carbons (Fsp3) is 0.300. The van der Waals surface area contributed by atoms with Gasteiger partial charge in [-0.25, -0.2) is 0 Å². The molecule has 0 saturated heterocycles. The van der Waals surface area contributed by atoms with Crippen LogP contribution in [0.3, 0.4) is 0 Å². The zero-order valence-electron chi connectivity index (χ0n) is 7.26. The largest absolute Gasteiger partial charge is 0.256 e. The van der Waals surface area contributed by atoms with E-state index < -0.39 is 0 Å². The molecule has 0 spiro atoms. The van der Waals surface area contributed by atoms with Crippen molar-refractivity contribution < 1.29 is 0 Å². The molecule has 1 aromatic heterocycles. The average Bonchev–Trinajstić information content (AvgIpc) is 2.04. The Balaban J connectivity index is 3.14. The lowest BCUT2D eigenvalue weighted by Crippen LogP contribution is -1.88. The third-order valence-corrected chi connectivity index (χ3v) is 1.82. The molecule has 0 bridgehead atoms. The Kier molecular flexibility index (Phi) is 2.42. The number of allylic oxidation sites excluding steroid dienone is 2. The van der Waals surface area contributed by atoms with E-state index in [-0.39, 0.29) is 0 Å². The fourth-order valence-corrected chi connectivity index (χ4v) is 1.04. The molecule has 0 aliphatic heterocycles. The lowest BCUT2D eigenvalue weighted by Gasteiger charge is -2.02. The summed E-state index contributed by atoms with van der Waals surface area (Å²) in [5, 5.41) is 0. The van der Waals surface area contributed by atoms with Crippen LogP contribution in [0.2, 0.25) is 0 Å². The molecule has 0 atom stereocenters. The van der Waals surface area contributed by atoms with Crippen molar-refractivity contribution in [1.29, 1.82) is 0 Å². The van der Waals surface area contributed by atoms with Gasteiger partial charge in [-0.3, -0.25) is 4.98 Å². The third kappa shape index (κ3) is 1.67. The van der Waals surface area contributed by atoms with Crippen LogP contribution in [0.15, 0.2) is 24.4 Å². The van der Waals surface area contributed by atoms with Crippen LogP contribution in [0.5, 0.6) is 0 Å². The van der Waals surface area contributed by atoms with Gasteiger partial charge in [0.2, 0.25) is 0 Å². The van der Waals surface area contributed by atoms with Gasteiger partial charge in [-0.1, -0.05) is 12.1 Å². The summed E-state index contributed by atoms with van der Waals surface area (Å²) in [7, 11) is 0. The zero-order chi connectivity index (χ0) is 8.27. The average molecular weight is 147 g/mol. The molecular formula is C10H13N. The smallest absolute Gasteiger partial charge is 0.0684 e. The van der Waals surface area contributed by atoms with Gasteiger partial charge in [-0.05, 0) is 38.0 Å². The Morgan fingerprint density at radius 1 is 1.55 bits per heavy atom. The topological polar surface area (TPSA) is 12.9 Å². The monoisotopic (exact) mass is 147 g/mol. The minimum absolute atomic E-state index is 1.11. The van der Waals surface area contributed by atoms with E-state index in [4.69, 9.17) is 0 Å². The van der Waals surface area contributed by atoms with Gasteiger partial charge in [0.05, 0.1) is 5.69 Å². The van der Waals surface area contributed by atoms with E-state index in [0.29, 0.717) is 0 Å². The Hall–Kier alpha value is -1.11. The SMILES string of the molecule is C/C=C(/C)c1ncccc1C. The first kappa shape index (κ1) is 7.99. The molecule has 11 heavy (non-hydrogen) atoms. The summed E-state index contributed by atoms with van der Waals surface area (Å²) in [5.41, 5.74) is 3.58. The second-order valence-electron chi connectivity index (χ2n) is 2.64. The minimum Gasteiger partial charge on any atom is -0.256 e. The van der Waals surface area contributed by atoms with Gasteiger partial charge in [-0.15, -0.1) is 0 Å². The van der Waals surface area contributed by atoms with Crippen LogP contribution in [-0.4, -0.2) is 4.98 Å². The van der Waals surface area contributed by atoms with Gasteiger partial charge in [0.1, 0.15) is 0 Å². The quantitative estimate of drug-likeness (QED) is 0.595. The van der Waals surface area contributed by atoms with E-state index in [1.807, 2.05) is 19.2 Å². The maximum atomic E-state index is 4.28. The highest BCUT2D eigenvalue weighted by Crippen LogP contribution is 2.13. The number of rotatable bonds is 1. The van der Waals surface area contributed by atoms with E-state index in [0.717, 1.165) is 5.69 Å². The summed E-state index contributed by atoms with van der Waals surface area (Å²) in [6.07, 6.45) is 3.91. The van der Waals surface area contributed by atoms with E-state index in [1.54, 1.807) is 0 Å². The van der Waals surface area contributed by atoms with Crippen molar-refractivity contribution in [2.45, 2.75) is 20.8 Å². The van der Waals surface area contributed by atoms with Gasteiger partial charge < -0.3 is 0 Å². The summed E-state index contributed by atoms with van der Waals surface area (Å²) < 4.78 is 0. The molecule has 0 N–H and O–H groups in total. The van der Waals surface area contributed by atoms with Gasteiger partial charge in [0.25, 0.3) is 0 Å². The molecule has 0 aliphatic rings. The van der Waals surface area contributed by atoms with Crippen LogP contribution < -0.4 is 0 Å². The van der Waals surface area contributed by atoms with Crippen LogP contribution in [-0.2, 0) is 0 Å². The van der Waals surface area contributed by atoms with Crippen LogP contribution in [0.1, 0.15) is 25.1 Å². The maximum Gasteiger partial charge on any atom is 0.0684 e. The highest BCUT2D eigenvalue weighted by atomic mass is 14.7. The summed E-state index contributed by atoms with van der Waals surface area (Å²) in [5.74, 6) is 0. The maximum absolute atomic E-state index is 4.28. The zero-order valence-corrected chi connectivity index (χ0v) is 7.26. The van der Waals surface area contributed by atoms with Gasteiger partial charge in [-0.2, -0.15) is 0 Å². The number of aromatic nitrogens is 1. The molecule has 1 rings (SSSR count). The van der Waals surface area contributed by atoms with E-state index in [1.165, 1.54) is 11.1 Å². The first-order valence-corrected chi connectivity index (χ1v) is 3.80. The van der Waals surface area contributed by atoms with Crippen molar-refractivity contribution >= 4 is 5.57 Å². The Bertz CT molecular complexity index is 274. The molecule has 0 aliphatic carbocycles. The first-order valence-electron chi connectivity index (χ1n) is 3.80. The molecule has 0 aromatic carbocycles. The van der Waals surface area contributed by atoms with Crippen LogP contribution >= 0.6 is 0 Å². The molecule has 0 saturated carbocycles. The van der Waals surface area contributed by atoms with Crippen molar-refractivity contribution in [3.63, 3.8) is 0 Å². The minimum atomic E-state index is 1.11. The summed E-state index contributed by atoms with van der Waals surface area (Å²) >= 11 is 0. The normalized spacial score (nSPS) is 11.7. The number of pyridine rings is 1. The highest BCUT2D eigenvalue weighted by molar-refractivity contribution is 5.62. The second-order valence-corrected chi connectivity index (χ2v) is 2.64.